The van der Waals surface area contributed by atoms with Gasteiger partial charge >= 0.3 is 0 Å². The minimum Gasteiger partial charge on any atom is -0.492 e. The van der Waals surface area contributed by atoms with Crippen molar-refractivity contribution < 1.29 is 19.1 Å². The van der Waals surface area contributed by atoms with E-state index in [1.54, 1.807) is 6.08 Å². The molecule has 0 aliphatic carbocycles. The van der Waals surface area contributed by atoms with Crippen molar-refractivity contribution >= 4 is 39.8 Å². The minimum atomic E-state index is -0.297. The zero-order chi connectivity index (χ0) is 24.9. The fourth-order valence-corrected chi connectivity index (χ4v) is 4.84. The van der Waals surface area contributed by atoms with Gasteiger partial charge in [-0.15, -0.1) is 0 Å². The van der Waals surface area contributed by atoms with Crippen LogP contribution in [0.2, 0.25) is 0 Å². The number of aryl methyl sites for hydroxylation is 1. The number of amides is 2. The molecule has 1 fully saturated rings. The van der Waals surface area contributed by atoms with E-state index in [2.05, 4.69) is 24.3 Å². The van der Waals surface area contributed by atoms with E-state index in [0.29, 0.717) is 17.3 Å². The van der Waals surface area contributed by atoms with Crippen LogP contribution >= 0.6 is 11.8 Å². The molecule has 0 bridgehead atoms. The molecule has 4 aromatic carbocycles. The number of hydrogen-bond acceptors (Lipinski definition) is 5. The molecule has 0 saturated carbocycles. The molecule has 1 heterocycles. The van der Waals surface area contributed by atoms with E-state index in [1.165, 1.54) is 15.7 Å². The molecule has 6 heteroatoms. The van der Waals surface area contributed by atoms with Crippen LogP contribution in [0, 0.1) is 6.92 Å². The van der Waals surface area contributed by atoms with E-state index in [0.717, 1.165) is 34.2 Å². The molecule has 0 radical (unpaired) electrons. The molecule has 0 atom stereocenters. The molecule has 180 valence electrons. The van der Waals surface area contributed by atoms with Gasteiger partial charge in [0.05, 0.1) is 11.4 Å². The van der Waals surface area contributed by atoms with Gasteiger partial charge in [-0.05, 0) is 70.9 Å². The predicted octanol–water partition coefficient (Wildman–Crippen LogP) is 6.84. The number of rotatable bonds is 8. The number of ether oxygens (including phenoxy) is 2. The van der Waals surface area contributed by atoms with Crippen LogP contribution in [-0.2, 0) is 11.4 Å². The second kappa shape index (κ2) is 10.7. The van der Waals surface area contributed by atoms with Gasteiger partial charge in [0.15, 0.2) is 0 Å². The molecule has 0 aromatic heterocycles. The Morgan fingerprint density at radius 2 is 1.50 bits per heavy atom. The van der Waals surface area contributed by atoms with E-state index in [4.69, 9.17) is 9.47 Å². The van der Waals surface area contributed by atoms with Crippen molar-refractivity contribution in [2.45, 2.75) is 13.5 Å². The van der Waals surface area contributed by atoms with Crippen molar-refractivity contribution in [1.82, 2.24) is 4.90 Å². The number of nitrogens with zero attached hydrogens (tertiary/aromatic N) is 1. The predicted molar refractivity (Wildman–Crippen MR) is 144 cm³/mol. The van der Waals surface area contributed by atoms with Crippen LogP contribution < -0.4 is 9.47 Å². The number of carbonyl (C=O) groups is 2. The zero-order valence-electron chi connectivity index (χ0n) is 19.8. The molecule has 1 aliphatic heterocycles. The van der Waals surface area contributed by atoms with Gasteiger partial charge in [-0.25, -0.2) is 0 Å². The molecule has 0 unspecified atom stereocenters. The molecular formula is C30H25NO4S. The Balaban J connectivity index is 1.18. The fourth-order valence-electron chi connectivity index (χ4n) is 3.97. The summed E-state index contributed by atoms with van der Waals surface area (Å²) < 4.78 is 11.7. The van der Waals surface area contributed by atoms with E-state index < -0.39 is 0 Å². The topological polar surface area (TPSA) is 55.8 Å². The Labute approximate surface area is 214 Å². The van der Waals surface area contributed by atoms with E-state index in [9.17, 15) is 9.59 Å². The number of fused-ring (bicyclic) bond motifs is 1. The summed E-state index contributed by atoms with van der Waals surface area (Å²) in [6.07, 6.45) is 1.74. The number of thioether (sulfide) groups is 1. The highest BCUT2D eigenvalue weighted by Gasteiger charge is 2.34. The normalized spacial score (nSPS) is 14.6. The molecule has 36 heavy (non-hydrogen) atoms. The van der Waals surface area contributed by atoms with Crippen molar-refractivity contribution in [2.24, 2.45) is 0 Å². The van der Waals surface area contributed by atoms with E-state index in [-0.39, 0.29) is 24.3 Å². The van der Waals surface area contributed by atoms with Gasteiger partial charge < -0.3 is 9.47 Å². The molecule has 2 amide bonds. The summed E-state index contributed by atoms with van der Waals surface area (Å²) in [5.74, 6) is 1.15. The van der Waals surface area contributed by atoms with Crippen LogP contribution in [-0.4, -0.2) is 29.2 Å². The molecule has 5 nitrogen and oxygen atoms in total. The van der Waals surface area contributed by atoms with Crippen molar-refractivity contribution in [3.05, 3.63) is 113 Å². The molecular weight excluding hydrogens is 470 g/mol. The molecule has 1 aliphatic rings. The summed E-state index contributed by atoms with van der Waals surface area (Å²) in [4.78, 5) is 26.8. The maximum Gasteiger partial charge on any atom is 0.293 e. The van der Waals surface area contributed by atoms with Gasteiger partial charge in [-0.3, -0.25) is 14.5 Å². The Morgan fingerprint density at radius 3 is 2.31 bits per heavy atom. The van der Waals surface area contributed by atoms with E-state index in [1.807, 2.05) is 73.7 Å². The van der Waals surface area contributed by atoms with Gasteiger partial charge in [-0.1, -0.05) is 72.3 Å². The minimum absolute atomic E-state index is 0.205. The monoisotopic (exact) mass is 495 g/mol. The second-order valence-corrected chi connectivity index (χ2v) is 9.48. The first-order valence-corrected chi connectivity index (χ1v) is 12.5. The third-order valence-corrected chi connectivity index (χ3v) is 6.84. The third-order valence-electron chi connectivity index (χ3n) is 5.93. The molecule has 4 aromatic rings. The van der Waals surface area contributed by atoms with Gasteiger partial charge in [0, 0.05) is 0 Å². The first-order chi connectivity index (χ1) is 17.6. The van der Waals surface area contributed by atoms with Crippen molar-refractivity contribution in [3.63, 3.8) is 0 Å². The van der Waals surface area contributed by atoms with Gasteiger partial charge in [0.2, 0.25) is 0 Å². The molecule has 1 saturated heterocycles. The number of carbonyl (C=O) groups excluding carboxylic acids is 2. The number of imide groups is 1. The average Bonchev–Trinajstić information content (AvgIpc) is 3.16. The lowest BCUT2D eigenvalue weighted by Crippen LogP contribution is -2.32. The molecule has 5 rings (SSSR count). The van der Waals surface area contributed by atoms with Crippen LogP contribution in [0.25, 0.3) is 16.8 Å². The lowest BCUT2D eigenvalue weighted by atomic mass is 10.1. The quantitative estimate of drug-likeness (QED) is 0.251. The Morgan fingerprint density at radius 1 is 0.806 bits per heavy atom. The van der Waals surface area contributed by atoms with Crippen LogP contribution in [0.15, 0.2) is 95.9 Å². The van der Waals surface area contributed by atoms with Gasteiger partial charge in [0.1, 0.15) is 24.7 Å². The number of hydrogen-bond donors (Lipinski definition) is 0. The highest BCUT2D eigenvalue weighted by molar-refractivity contribution is 8.18. The first-order valence-electron chi connectivity index (χ1n) is 11.7. The Bertz CT molecular complexity index is 1420. The lowest BCUT2D eigenvalue weighted by Gasteiger charge is -2.13. The lowest BCUT2D eigenvalue weighted by molar-refractivity contribution is -0.123. The smallest absolute Gasteiger partial charge is 0.293 e. The molecule has 0 N–H and O–H groups in total. The summed E-state index contributed by atoms with van der Waals surface area (Å²) in [7, 11) is 0. The maximum absolute atomic E-state index is 12.8. The van der Waals surface area contributed by atoms with Crippen LogP contribution in [0.5, 0.6) is 11.5 Å². The van der Waals surface area contributed by atoms with E-state index >= 15 is 0 Å². The van der Waals surface area contributed by atoms with Crippen molar-refractivity contribution in [2.75, 3.05) is 13.2 Å². The largest absolute Gasteiger partial charge is 0.492 e. The maximum atomic E-state index is 12.8. The van der Waals surface area contributed by atoms with Crippen LogP contribution in [0.4, 0.5) is 4.79 Å². The summed E-state index contributed by atoms with van der Waals surface area (Å²) in [5.41, 5.74) is 3.09. The first kappa shape index (κ1) is 23.7. The summed E-state index contributed by atoms with van der Waals surface area (Å²) >= 11 is 0.949. The Hall–Kier alpha value is -4.03. The SMILES string of the molecule is Cc1ccc(OCCN2C(=O)S/C(=C\c3ccc(OCc4cccc5ccccc45)cc3)C2=O)cc1. The molecule has 0 spiro atoms. The number of benzene rings is 4. The standard InChI is InChI=1S/C30H25NO4S/c1-21-9-13-25(14-10-21)34-18-17-31-29(32)28(36-30(31)33)19-22-11-15-26(16-12-22)35-20-24-7-4-6-23-5-2-3-8-27(23)24/h2-16,19H,17-18,20H2,1H3/b28-19-. The third kappa shape index (κ3) is 5.44. The zero-order valence-corrected chi connectivity index (χ0v) is 20.7. The van der Waals surface area contributed by atoms with Gasteiger partial charge in [0.25, 0.3) is 11.1 Å². The van der Waals surface area contributed by atoms with Crippen molar-refractivity contribution in [1.29, 1.82) is 0 Å². The van der Waals surface area contributed by atoms with Crippen LogP contribution in [0.3, 0.4) is 0 Å². The van der Waals surface area contributed by atoms with Crippen molar-refractivity contribution in [3.8, 4) is 11.5 Å². The summed E-state index contributed by atoms with van der Waals surface area (Å²) in [6.45, 7) is 2.92. The fraction of sp³-hybridized carbons (Fsp3) is 0.133. The summed E-state index contributed by atoms with van der Waals surface area (Å²) in [6, 6.07) is 29.6. The average molecular weight is 496 g/mol. The van der Waals surface area contributed by atoms with Crippen LogP contribution in [0.1, 0.15) is 16.7 Å². The highest BCUT2D eigenvalue weighted by atomic mass is 32.2. The summed E-state index contributed by atoms with van der Waals surface area (Å²) in [5, 5.41) is 2.08. The van der Waals surface area contributed by atoms with Gasteiger partial charge in [-0.2, -0.15) is 0 Å². The Kier molecular flexibility index (Phi) is 7.05. The second-order valence-electron chi connectivity index (χ2n) is 8.49. The highest BCUT2D eigenvalue weighted by Crippen LogP contribution is 2.32.